The van der Waals surface area contributed by atoms with Crippen molar-refractivity contribution in [1.29, 1.82) is 0 Å². The Morgan fingerprint density at radius 1 is 1.03 bits per heavy atom. The third-order valence-electron chi connectivity index (χ3n) is 5.02. The van der Waals surface area contributed by atoms with Gasteiger partial charge in [0.2, 0.25) is 0 Å². The molecule has 0 saturated heterocycles. The quantitative estimate of drug-likeness (QED) is 0.427. The number of rotatable bonds is 5. The molecule has 32 heavy (non-hydrogen) atoms. The molecular weight excluding hydrogens is 404 g/mol. The normalized spacial score (nSPS) is 11.2. The lowest BCUT2D eigenvalue weighted by atomic mass is 10.1. The van der Waals surface area contributed by atoms with Crippen molar-refractivity contribution < 1.29 is 9.21 Å². The topological polar surface area (TPSA) is 98.7 Å². The number of aromatic nitrogens is 5. The molecule has 5 rings (SSSR count). The van der Waals surface area contributed by atoms with Crippen molar-refractivity contribution >= 4 is 22.6 Å². The molecular formula is C24H20N6O2. The van der Waals surface area contributed by atoms with Gasteiger partial charge in [-0.1, -0.05) is 30.3 Å². The van der Waals surface area contributed by atoms with E-state index in [-0.39, 0.29) is 11.9 Å². The molecule has 0 fully saturated rings. The lowest BCUT2D eigenvalue weighted by Crippen LogP contribution is -2.14. The second-order valence-electron chi connectivity index (χ2n) is 7.57. The van der Waals surface area contributed by atoms with Crippen molar-refractivity contribution in [1.82, 2.24) is 24.7 Å². The maximum absolute atomic E-state index is 13.2. The van der Waals surface area contributed by atoms with Crippen LogP contribution in [-0.4, -0.2) is 30.6 Å². The average molecular weight is 424 g/mol. The molecule has 1 N–H and O–H groups in total. The van der Waals surface area contributed by atoms with E-state index in [4.69, 9.17) is 9.40 Å². The van der Waals surface area contributed by atoms with Crippen LogP contribution < -0.4 is 5.32 Å². The zero-order valence-electron chi connectivity index (χ0n) is 17.6. The summed E-state index contributed by atoms with van der Waals surface area (Å²) in [5, 5.41) is 7.97. The van der Waals surface area contributed by atoms with Gasteiger partial charge in [-0.25, -0.2) is 19.6 Å². The Kier molecular flexibility index (Phi) is 4.95. The molecule has 8 heteroatoms. The molecule has 0 aliphatic carbocycles. The van der Waals surface area contributed by atoms with Crippen LogP contribution in [0.1, 0.15) is 30.2 Å². The number of pyridine rings is 1. The van der Waals surface area contributed by atoms with Gasteiger partial charge in [0.1, 0.15) is 5.69 Å². The van der Waals surface area contributed by atoms with Crippen molar-refractivity contribution in [3.63, 3.8) is 0 Å². The summed E-state index contributed by atoms with van der Waals surface area (Å²) < 4.78 is 7.30. The molecule has 0 bridgehead atoms. The maximum atomic E-state index is 13.2. The van der Waals surface area contributed by atoms with E-state index in [1.165, 1.54) is 0 Å². The van der Waals surface area contributed by atoms with E-state index >= 15 is 0 Å². The summed E-state index contributed by atoms with van der Waals surface area (Å²) >= 11 is 0. The minimum atomic E-state index is -0.301. The van der Waals surface area contributed by atoms with Crippen LogP contribution in [0, 0.1) is 0 Å². The fraction of sp³-hybridized carbons (Fsp3) is 0.125. The summed E-state index contributed by atoms with van der Waals surface area (Å²) in [5.41, 5.74) is 3.03. The highest BCUT2D eigenvalue weighted by Gasteiger charge is 2.19. The summed E-state index contributed by atoms with van der Waals surface area (Å²) in [6.45, 7) is 4.03. The molecule has 0 saturated carbocycles. The molecule has 0 radical (unpaired) electrons. The number of anilines is 1. The third-order valence-corrected chi connectivity index (χ3v) is 5.02. The number of hydrogen-bond donors (Lipinski definition) is 1. The second kappa shape index (κ2) is 8.07. The van der Waals surface area contributed by atoms with Crippen LogP contribution in [0.25, 0.3) is 33.9 Å². The molecule has 8 nitrogen and oxygen atoms in total. The van der Waals surface area contributed by atoms with Crippen molar-refractivity contribution in [2.24, 2.45) is 0 Å². The van der Waals surface area contributed by atoms with Crippen LogP contribution in [0.3, 0.4) is 0 Å². The van der Waals surface area contributed by atoms with Crippen LogP contribution in [0.15, 0.2) is 77.8 Å². The largest absolute Gasteiger partial charge is 0.463 e. The highest BCUT2D eigenvalue weighted by Crippen LogP contribution is 2.27. The fourth-order valence-electron chi connectivity index (χ4n) is 3.46. The SMILES string of the molecule is CC(C)n1ncc2c(C(=O)Nc3cnc(-c4ccccc4)nc3)cc(-c3ccco3)nc21. The molecule has 5 aromatic rings. The second-order valence-corrected chi connectivity index (χ2v) is 7.57. The van der Waals surface area contributed by atoms with Gasteiger partial charge < -0.3 is 9.73 Å². The first kappa shape index (κ1) is 19.6. The first-order chi connectivity index (χ1) is 15.6. The predicted molar refractivity (Wildman–Crippen MR) is 121 cm³/mol. The number of nitrogens with one attached hydrogen (secondary N) is 1. The molecule has 4 aromatic heterocycles. The summed E-state index contributed by atoms with van der Waals surface area (Å²) in [6.07, 6.45) is 6.43. The molecule has 0 aliphatic heterocycles. The Hall–Kier alpha value is -4.33. The van der Waals surface area contributed by atoms with Gasteiger partial charge in [0.05, 0.1) is 41.5 Å². The predicted octanol–water partition coefficient (Wildman–Crippen LogP) is 4.98. The smallest absolute Gasteiger partial charge is 0.256 e. The van der Waals surface area contributed by atoms with Crippen molar-refractivity contribution in [2.75, 3.05) is 5.32 Å². The summed E-state index contributed by atoms with van der Waals surface area (Å²) in [6, 6.07) is 15.0. The number of amides is 1. The number of fused-ring (bicyclic) bond motifs is 1. The Balaban J connectivity index is 1.50. The number of carbonyl (C=O) groups is 1. The highest BCUT2D eigenvalue weighted by molar-refractivity contribution is 6.12. The zero-order valence-corrected chi connectivity index (χ0v) is 17.6. The monoisotopic (exact) mass is 424 g/mol. The molecule has 0 atom stereocenters. The van der Waals surface area contributed by atoms with E-state index in [2.05, 4.69) is 20.4 Å². The average Bonchev–Trinajstić information content (AvgIpc) is 3.50. The van der Waals surface area contributed by atoms with Gasteiger partial charge in [0.15, 0.2) is 17.2 Å². The Labute approximate surface area is 184 Å². The van der Waals surface area contributed by atoms with Gasteiger partial charge in [-0.3, -0.25) is 4.79 Å². The van der Waals surface area contributed by atoms with E-state index in [0.29, 0.717) is 39.6 Å². The number of nitrogens with zero attached hydrogens (tertiary/aromatic N) is 5. The number of furan rings is 1. The van der Waals surface area contributed by atoms with Crippen molar-refractivity contribution in [3.05, 3.63) is 78.9 Å². The molecule has 4 heterocycles. The Morgan fingerprint density at radius 3 is 2.50 bits per heavy atom. The van der Waals surface area contributed by atoms with Crippen LogP contribution in [0.5, 0.6) is 0 Å². The van der Waals surface area contributed by atoms with E-state index in [9.17, 15) is 4.79 Å². The van der Waals surface area contributed by atoms with Crippen molar-refractivity contribution in [3.8, 4) is 22.8 Å². The van der Waals surface area contributed by atoms with Gasteiger partial charge in [0.25, 0.3) is 5.91 Å². The van der Waals surface area contributed by atoms with Crippen LogP contribution in [-0.2, 0) is 0 Å². The van der Waals surface area contributed by atoms with E-state index < -0.39 is 0 Å². The van der Waals surface area contributed by atoms with Gasteiger partial charge in [0, 0.05) is 11.6 Å². The third kappa shape index (κ3) is 3.62. The molecule has 1 amide bonds. The first-order valence-corrected chi connectivity index (χ1v) is 10.2. The lowest BCUT2D eigenvalue weighted by molar-refractivity contribution is 0.102. The summed E-state index contributed by atoms with van der Waals surface area (Å²) in [5.74, 6) is 0.866. The Morgan fingerprint density at radius 2 is 1.81 bits per heavy atom. The molecule has 1 aromatic carbocycles. The maximum Gasteiger partial charge on any atom is 0.256 e. The van der Waals surface area contributed by atoms with E-state index in [0.717, 1.165) is 5.56 Å². The van der Waals surface area contributed by atoms with Crippen LogP contribution in [0.2, 0.25) is 0 Å². The van der Waals surface area contributed by atoms with Gasteiger partial charge in [-0.15, -0.1) is 0 Å². The lowest BCUT2D eigenvalue weighted by Gasteiger charge is -2.10. The standard InChI is InChI=1S/C24H20N6O2/c1-15(2)30-23-19(14-27-30)18(11-20(29-23)21-9-6-10-32-21)24(31)28-17-12-25-22(26-13-17)16-7-4-3-5-8-16/h3-15H,1-2H3,(H,28,31). The number of benzene rings is 1. The van der Waals surface area contributed by atoms with Gasteiger partial charge >= 0.3 is 0 Å². The Bertz CT molecular complexity index is 1370. The van der Waals surface area contributed by atoms with E-state index in [1.807, 2.05) is 50.2 Å². The summed E-state index contributed by atoms with van der Waals surface area (Å²) in [4.78, 5) is 26.7. The van der Waals surface area contributed by atoms with Crippen LogP contribution >= 0.6 is 0 Å². The number of hydrogen-bond acceptors (Lipinski definition) is 6. The highest BCUT2D eigenvalue weighted by atomic mass is 16.3. The first-order valence-electron chi connectivity index (χ1n) is 10.2. The molecule has 0 aliphatic rings. The zero-order chi connectivity index (χ0) is 22.1. The fourth-order valence-corrected chi connectivity index (χ4v) is 3.46. The molecule has 0 unspecified atom stereocenters. The molecule has 0 spiro atoms. The molecule has 158 valence electrons. The van der Waals surface area contributed by atoms with Crippen LogP contribution in [0.4, 0.5) is 5.69 Å². The summed E-state index contributed by atoms with van der Waals surface area (Å²) in [7, 11) is 0. The van der Waals surface area contributed by atoms with E-state index in [1.54, 1.807) is 41.7 Å². The van der Waals surface area contributed by atoms with Gasteiger partial charge in [-0.05, 0) is 32.0 Å². The van der Waals surface area contributed by atoms with Crippen molar-refractivity contribution in [2.45, 2.75) is 19.9 Å². The number of carbonyl (C=O) groups excluding carboxylic acids is 1. The minimum absolute atomic E-state index is 0.0849. The van der Waals surface area contributed by atoms with Gasteiger partial charge in [-0.2, -0.15) is 5.10 Å². The minimum Gasteiger partial charge on any atom is -0.463 e.